The Kier molecular flexibility index (Phi) is 6.38. The molecule has 3 rings (SSSR count). The van der Waals surface area contributed by atoms with E-state index in [4.69, 9.17) is 17.3 Å². The number of nitrogens with one attached hydrogen (secondary N) is 1. The van der Waals surface area contributed by atoms with Crippen molar-refractivity contribution >= 4 is 39.1 Å². The first-order valence-corrected chi connectivity index (χ1v) is 11.4. The Balaban J connectivity index is 1.95. The molecule has 2 amide bonds. The highest BCUT2D eigenvalue weighted by Crippen LogP contribution is 2.28. The Labute approximate surface area is 181 Å². The average Bonchev–Trinajstić information content (AvgIpc) is 2.70. The summed E-state index contributed by atoms with van der Waals surface area (Å²) in [4.78, 5) is 26.4. The molecule has 1 fully saturated rings. The number of likely N-dealkylation sites (tertiary alicyclic amines) is 1. The first-order valence-electron chi connectivity index (χ1n) is 9.56. The lowest BCUT2D eigenvalue weighted by Crippen LogP contribution is -2.44. The number of hydrogen-bond donors (Lipinski definition) is 2. The Morgan fingerprint density at radius 2 is 1.90 bits per heavy atom. The molecule has 30 heavy (non-hydrogen) atoms. The predicted octanol–water partition coefficient (Wildman–Crippen LogP) is 3.10. The van der Waals surface area contributed by atoms with Gasteiger partial charge in [0.15, 0.2) is 0 Å². The van der Waals surface area contributed by atoms with E-state index >= 15 is 0 Å². The van der Waals surface area contributed by atoms with E-state index < -0.39 is 27.8 Å². The third-order valence-electron chi connectivity index (χ3n) is 5.20. The van der Waals surface area contributed by atoms with E-state index in [1.54, 1.807) is 26.0 Å². The molecule has 2 aromatic rings. The van der Waals surface area contributed by atoms with Crippen molar-refractivity contribution in [2.75, 3.05) is 17.8 Å². The third-order valence-corrected chi connectivity index (χ3v) is 6.94. The summed E-state index contributed by atoms with van der Waals surface area (Å²) in [5, 5.41) is 0.302. The molecule has 1 aliphatic heterocycles. The molecule has 160 valence electrons. The van der Waals surface area contributed by atoms with Gasteiger partial charge in [-0.1, -0.05) is 23.7 Å². The molecule has 9 heteroatoms. The minimum atomic E-state index is -3.93. The minimum absolute atomic E-state index is 0.126. The molecule has 3 N–H and O–H groups in total. The number of aryl methyl sites for hydroxylation is 2. The standard InChI is InChI=1S/C21H24ClN3O4S/c1-13-5-6-14(2)19(10-13)30(28,29)24-18-8-7-16(22)11-17(18)21(27)25-9-3-4-15(12-25)20(23)26/h5-8,10-11,15,24H,3-4,9,12H2,1-2H3,(H2,23,26)/t15-/m1/s1. The zero-order valence-electron chi connectivity index (χ0n) is 16.8. The molecule has 2 aromatic carbocycles. The van der Waals surface area contributed by atoms with Gasteiger partial charge in [-0.15, -0.1) is 0 Å². The van der Waals surface area contributed by atoms with Crippen LogP contribution in [0.2, 0.25) is 5.02 Å². The van der Waals surface area contributed by atoms with Crippen LogP contribution in [-0.4, -0.2) is 38.2 Å². The average molecular weight is 450 g/mol. The Morgan fingerprint density at radius 1 is 1.17 bits per heavy atom. The van der Waals surface area contributed by atoms with Crippen molar-refractivity contribution in [2.45, 2.75) is 31.6 Å². The number of halogens is 1. The summed E-state index contributed by atoms with van der Waals surface area (Å²) in [6, 6.07) is 9.55. The van der Waals surface area contributed by atoms with Gasteiger partial charge in [0.05, 0.1) is 22.1 Å². The van der Waals surface area contributed by atoms with Gasteiger partial charge >= 0.3 is 0 Å². The molecule has 7 nitrogen and oxygen atoms in total. The summed E-state index contributed by atoms with van der Waals surface area (Å²) < 4.78 is 28.6. The molecule has 0 unspecified atom stereocenters. The topological polar surface area (TPSA) is 110 Å². The van der Waals surface area contributed by atoms with Crippen LogP contribution in [0.5, 0.6) is 0 Å². The van der Waals surface area contributed by atoms with E-state index in [2.05, 4.69) is 4.72 Å². The minimum Gasteiger partial charge on any atom is -0.369 e. The predicted molar refractivity (Wildman–Crippen MR) is 116 cm³/mol. The Hall–Kier alpha value is -2.58. The Morgan fingerprint density at radius 3 is 2.60 bits per heavy atom. The number of benzene rings is 2. The summed E-state index contributed by atoms with van der Waals surface area (Å²) >= 11 is 6.09. The van der Waals surface area contributed by atoms with Crippen LogP contribution in [0.1, 0.15) is 34.3 Å². The molecule has 0 spiro atoms. The second-order valence-corrected chi connectivity index (χ2v) is 9.64. The van der Waals surface area contributed by atoms with E-state index in [0.29, 0.717) is 30.0 Å². The molecule has 0 aliphatic carbocycles. The largest absolute Gasteiger partial charge is 0.369 e. The summed E-state index contributed by atoms with van der Waals surface area (Å²) in [6.45, 7) is 4.17. The number of amides is 2. The van der Waals surface area contributed by atoms with Gasteiger partial charge < -0.3 is 10.6 Å². The fourth-order valence-electron chi connectivity index (χ4n) is 3.54. The molecule has 1 atom stereocenters. The Bertz CT molecular complexity index is 1100. The molecule has 0 radical (unpaired) electrons. The third kappa shape index (κ3) is 4.76. The second-order valence-electron chi connectivity index (χ2n) is 7.56. The number of rotatable bonds is 5. The lowest BCUT2D eigenvalue weighted by molar-refractivity contribution is -0.123. The number of nitrogens with zero attached hydrogens (tertiary/aromatic N) is 1. The molecule has 0 aromatic heterocycles. The molecule has 0 saturated carbocycles. The quantitative estimate of drug-likeness (QED) is 0.730. The van der Waals surface area contributed by atoms with Crippen molar-refractivity contribution in [3.8, 4) is 0 Å². The van der Waals surface area contributed by atoms with Gasteiger partial charge in [0.1, 0.15) is 0 Å². The number of piperidine rings is 1. The summed E-state index contributed by atoms with van der Waals surface area (Å²) in [7, 11) is -3.93. The van der Waals surface area contributed by atoms with Crippen molar-refractivity contribution in [1.29, 1.82) is 0 Å². The molecular formula is C21H24ClN3O4S. The van der Waals surface area contributed by atoms with Crippen LogP contribution in [-0.2, 0) is 14.8 Å². The van der Waals surface area contributed by atoms with E-state index in [-0.39, 0.29) is 22.7 Å². The summed E-state index contributed by atoms with van der Waals surface area (Å²) in [6.07, 6.45) is 1.27. The molecule has 0 bridgehead atoms. The zero-order chi connectivity index (χ0) is 22.1. The molecule has 1 heterocycles. The van der Waals surface area contributed by atoms with Crippen LogP contribution in [0.3, 0.4) is 0 Å². The van der Waals surface area contributed by atoms with Crippen molar-refractivity contribution < 1.29 is 18.0 Å². The maximum Gasteiger partial charge on any atom is 0.262 e. The number of carbonyl (C=O) groups is 2. The lowest BCUT2D eigenvalue weighted by Gasteiger charge is -2.31. The lowest BCUT2D eigenvalue weighted by atomic mass is 9.96. The summed E-state index contributed by atoms with van der Waals surface area (Å²) in [5.74, 6) is -1.27. The van der Waals surface area contributed by atoms with Crippen molar-refractivity contribution in [3.05, 3.63) is 58.1 Å². The fraction of sp³-hybridized carbons (Fsp3) is 0.333. The van der Waals surface area contributed by atoms with Gasteiger partial charge in [-0.25, -0.2) is 8.42 Å². The van der Waals surface area contributed by atoms with Crippen LogP contribution < -0.4 is 10.5 Å². The van der Waals surface area contributed by atoms with E-state index in [0.717, 1.165) is 5.56 Å². The first-order chi connectivity index (χ1) is 14.1. The molecule has 1 aliphatic rings. The van der Waals surface area contributed by atoms with Crippen LogP contribution in [0, 0.1) is 19.8 Å². The maximum absolute atomic E-state index is 13.2. The van der Waals surface area contributed by atoms with Crippen molar-refractivity contribution in [3.63, 3.8) is 0 Å². The zero-order valence-corrected chi connectivity index (χ0v) is 18.4. The SMILES string of the molecule is Cc1ccc(C)c(S(=O)(=O)Nc2ccc(Cl)cc2C(=O)N2CCC[C@@H](C(N)=O)C2)c1. The number of sulfonamides is 1. The van der Waals surface area contributed by atoms with Gasteiger partial charge in [-0.05, 0) is 62.1 Å². The highest BCUT2D eigenvalue weighted by molar-refractivity contribution is 7.92. The fourth-order valence-corrected chi connectivity index (χ4v) is 5.13. The molecule has 1 saturated heterocycles. The number of primary amides is 1. The van der Waals surface area contributed by atoms with Crippen LogP contribution in [0.25, 0.3) is 0 Å². The van der Waals surface area contributed by atoms with Gasteiger partial charge in [0.25, 0.3) is 15.9 Å². The first kappa shape index (κ1) is 22.1. The summed E-state index contributed by atoms with van der Waals surface area (Å²) in [5.41, 5.74) is 7.06. The van der Waals surface area contributed by atoms with Gasteiger partial charge in [-0.2, -0.15) is 0 Å². The monoisotopic (exact) mass is 449 g/mol. The van der Waals surface area contributed by atoms with Crippen molar-refractivity contribution in [1.82, 2.24) is 4.90 Å². The maximum atomic E-state index is 13.2. The van der Waals surface area contributed by atoms with E-state index in [9.17, 15) is 18.0 Å². The van der Waals surface area contributed by atoms with E-state index in [1.807, 2.05) is 6.07 Å². The normalized spacial score (nSPS) is 16.9. The second kappa shape index (κ2) is 8.65. The van der Waals surface area contributed by atoms with Crippen LogP contribution in [0.4, 0.5) is 5.69 Å². The van der Waals surface area contributed by atoms with Gasteiger partial charge in [-0.3, -0.25) is 14.3 Å². The number of carbonyl (C=O) groups excluding carboxylic acids is 2. The number of hydrogen-bond acceptors (Lipinski definition) is 4. The molecular weight excluding hydrogens is 426 g/mol. The highest BCUT2D eigenvalue weighted by atomic mass is 35.5. The number of anilines is 1. The van der Waals surface area contributed by atoms with Crippen LogP contribution in [0.15, 0.2) is 41.3 Å². The van der Waals surface area contributed by atoms with Gasteiger partial charge in [0.2, 0.25) is 5.91 Å². The van der Waals surface area contributed by atoms with Crippen LogP contribution >= 0.6 is 11.6 Å². The van der Waals surface area contributed by atoms with Gasteiger partial charge in [0, 0.05) is 18.1 Å². The van der Waals surface area contributed by atoms with Crippen molar-refractivity contribution in [2.24, 2.45) is 11.7 Å². The number of nitrogens with two attached hydrogens (primary N) is 1. The van der Waals surface area contributed by atoms with E-state index in [1.165, 1.54) is 23.1 Å². The smallest absolute Gasteiger partial charge is 0.262 e. The highest BCUT2D eigenvalue weighted by Gasteiger charge is 2.29.